The number of hydrogen-bond donors (Lipinski definition) is 1. The molecule has 0 bridgehead atoms. The third-order valence-corrected chi connectivity index (χ3v) is 7.11. The highest BCUT2D eigenvalue weighted by molar-refractivity contribution is 7.92. The quantitative estimate of drug-likeness (QED) is 0.457. The van der Waals surface area contributed by atoms with Crippen molar-refractivity contribution in [3.05, 3.63) is 100 Å². The van der Waals surface area contributed by atoms with E-state index in [-0.39, 0.29) is 16.1 Å². The number of anilines is 2. The Kier molecular flexibility index (Phi) is 6.02. The molecule has 8 heteroatoms. The van der Waals surface area contributed by atoms with Crippen molar-refractivity contribution in [2.24, 2.45) is 0 Å². The van der Waals surface area contributed by atoms with Crippen LogP contribution in [0.5, 0.6) is 0 Å². The van der Waals surface area contributed by atoms with Crippen molar-refractivity contribution < 1.29 is 17.6 Å². The van der Waals surface area contributed by atoms with Crippen molar-refractivity contribution in [3.8, 4) is 0 Å². The average molecular weight is 463 g/mol. The van der Waals surface area contributed by atoms with Gasteiger partial charge in [0.05, 0.1) is 16.0 Å². The Bertz CT molecular complexity index is 1480. The Morgan fingerprint density at radius 1 is 0.970 bits per heavy atom. The number of nitrogens with one attached hydrogen (secondary N) is 1. The second-order valence-electron chi connectivity index (χ2n) is 7.45. The van der Waals surface area contributed by atoms with Crippen molar-refractivity contribution >= 4 is 38.3 Å². The number of hydrogen-bond acceptors (Lipinski definition) is 5. The standard InChI is InChI=1S/C25H22N2O5S/c1-3-17-9-14-23-21(15-17)22(28)16-24(32-23)25(29)26-18-10-12-20(13-11-18)33(30,31)27(2)19-7-5-4-6-8-19/h4-16H,3H2,1-2H3,(H,26,29). The lowest BCUT2D eigenvalue weighted by atomic mass is 10.1. The number of carbonyl (C=O) groups excluding carboxylic acids is 1. The summed E-state index contributed by atoms with van der Waals surface area (Å²) in [7, 11) is -2.29. The van der Waals surface area contributed by atoms with Gasteiger partial charge in [0.15, 0.2) is 11.2 Å². The molecule has 4 aromatic rings. The molecule has 0 aliphatic rings. The largest absolute Gasteiger partial charge is 0.451 e. The third kappa shape index (κ3) is 4.51. The van der Waals surface area contributed by atoms with E-state index >= 15 is 0 Å². The molecule has 0 fully saturated rings. The predicted molar refractivity (Wildman–Crippen MR) is 128 cm³/mol. The number of benzene rings is 3. The molecule has 0 aliphatic heterocycles. The lowest BCUT2D eigenvalue weighted by molar-refractivity contribution is 0.0997. The highest BCUT2D eigenvalue weighted by Crippen LogP contribution is 2.23. The van der Waals surface area contributed by atoms with Crippen LogP contribution in [0.15, 0.2) is 93.0 Å². The summed E-state index contributed by atoms with van der Waals surface area (Å²) in [5.41, 5.74) is 1.93. The zero-order valence-electron chi connectivity index (χ0n) is 18.1. The molecule has 3 aromatic carbocycles. The van der Waals surface area contributed by atoms with E-state index < -0.39 is 15.9 Å². The molecule has 0 saturated heterocycles. The third-order valence-electron chi connectivity index (χ3n) is 5.31. The molecule has 0 unspecified atom stereocenters. The number of fused-ring (bicyclic) bond motifs is 1. The molecule has 0 spiro atoms. The fourth-order valence-electron chi connectivity index (χ4n) is 3.37. The number of rotatable bonds is 6. The summed E-state index contributed by atoms with van der Waals surface area (Å²) in [4.78, 5) is 25.2. The fraction of sp³-hybridized carbons (Fsp3) is 0.120. The van der Waals surface area contributed by atoms with Crippen molar-refractivity contribution in [3.63, 3.8) is 0 Å². The van der Waals surface area contributed by atoms with Crippen LogP contribution in [0.2, 0.25) is 0 Å². The summed E-state index contributed by atoms with van der Waals surface area (Å²) < 4.78 is 32.6. The van der Waals surface area contributed by atoms with Gasteiger partial charge in [-0.15, -0.1) is 0 Å². The topological polar surface area (TPSA) is 96.7 Å². The first-order valence-corrected chi connectivity index (χ1v) is 11.8. The lowest BCUT2D eigenvalue weighted by Crippen LogP contribution is -2.26. The van der Waals surface area contributed by atoms with Crippen molar-refractivity contribution in [2.75, 3.05) is 16.7 Å². The molecule has 1 heterocycles. The first kappa shape index (κ1) is 22.3. The highest BCUT2D eigenvalue weighted by Gasteiger charge is 2.21. The number of aryl methyl sites for hydroxylation is 1. The van der Waals surface area contributed by atoms with E-state index in [2.05, 4.69) is 5.32 Å². The van der Waals surface area contributed by atoms with Gasteiger partial charge in [0, 0.05) is 18.8 Å². The van der Waals surface area contributed by atoms with Gasteiger partial charge in [-0.1, -0.05) is 31.2 Å². The van der Waals surface area contributed by atoms with Gasteiger partial charge in [-0.05, 0) is 60.5 Å². The van der Waals surface area contributed by atoms with Crippen LogP contribution in [-0.4, -0.2) is 21.4 Å². The summed E-state index contributed by atoms with van der Waals surface area (Å²) in [6.45, 7) is 1.99. The molecule has 168 valence electrons. The Labute approximate surface area is 191 Å². The SMILES string of the molecule is CCc1ccc2oc(C(=O)Nc3ccc(S(=O)(=O)N(C)c4ccccc4)cc3)cc(=O)c2c1. The van der Waals surface area contributed by atoms with Gasteiger partial charge in [0.25, 0.3) is 15.9 Å². The van der Waals surface area contributed by atoms with Gasteiger partial charge < -0.3 is 9.73 Å². The number of para-hydroxylation sites is 1. The highest BCUT2D eigenvalue weighted by atomic mass is 32.2. The Balaban J connectivity index is 1.54. The van der Waals surface area contributed by atoms with Gasteiger partial charge in [-0.2, -0.15) is 0 Å². The first-order chi connectivity index (χ1) is 15.8. The van der Waals surface area contributed by atoms with Gasteiger partial charge in [0.2, 0.25) is 0 Å². The molecular weight excluding hydrogens is 440 g/mol. The van der Waals surface area contributed by atoms with E-state index in [1.54, 1.807) is 36.4 Å². The number of carbonyl (C=O) groups is 1. The van der Waals surface area contributed by atoms with Crippen molar-refractivity contribution in [1.82, 2.24) is 0 Å². The number of nitrogens with zero attached hydrogens (tertiary/aromatic N) is 1. The molecule has 0 atom stereocenters. The molecule has 1 N–H and O–H groups in total. The van der Waals surface area contributed by atoms with Gasteiger partial charge >= 0.3 is 0 Å². The van der Waals surface area contributed by atoms with Crippen LogP contribution in [0.1, 0.15) is 23.0 Å². The molecule has 1 aromatic heterocycles. The van der Waals surface area contributed by atoms with E-state index in [4.69, 9.17) is 4.42 Å². The first-order valence-electron chi connectivity index (χ1n) is 10.3. The van der Waals surface area contributed by atoms with Gasteiger partial charge in [-0.3, -0.25) is 13.9 Å². The smallest absolute Gasteiger partial charge is 0.291 e. The number of sulfonamides is 1. The summed E-state index contributed by atoms with van der Waals surface area (Å²) in [5, 5.41) is 3.05. The van der Waals surface area contributed by atoms with Crippen LogP contribution < -0.4 is 15.1 Å². The van der Waals surface area contributed by atoms with Crippen LogP contribution >= 0.6 is 0 Å². The number of amides is 1. The van der Waals surface area contributed by atoms with Crippen molar-refractivity contribution in [1.29, 1.82) is 0 Å². The van der Waals surface area contributed by atoms with Crippen LogP contribution in [0.4, 0.5) is 11.4 Å². The minimum Gasteiger partial charge on any atom is -0.451 e. The van der Waals surface area contributed by atoms with E-state index in [0.717, 1.165) is 18.1 Å². The summed E-state index contributed by atoms with van der Waals surface area (Å²) in [5.74, 6) is -0.733. The van der Waals surface area contributed by atoms with Crippen LogP contribution in [0, 0.1) is 0 Å². The summed E-state index contributed by atoms with van der Waals surface area (Å²) in [6.07, 6.45) is 0.782. The second kappa shape index (κ2) is 8.91. The minimum atomic E-state index is -3.76. The van der Waals surface area contributed by atoms with Crippen LogP contribution in [0.3, 0.4) is 0 Å². The lowest BCUT2D eigenvalue weighted by Gasteiger charge is -2.19. The molecule has 1 amide bonds. The predicted octanol–water partition coefficient (Wildman–Crippen LogP) is 4.43. The molecular formula is C25H22N2O5S. The normalized spacial score (nSPS) is 11.3. The average Bonchev–Trinajstić information content (AvgIpc) is 2.84. The molecule has 0 saturated carbocycles. The fourth-order valence-corrected chi connectivity index (χ4v) is 4.57. The zero-order chi connectivity index (χ0) is 23.6. The molecule has 4 rings (SSSR count). The van der Waals surface area contributed by atoms with E-state index in [1.165, 1.54) is 35.6 Å². The van der Waals surface area contributed by atoms with E-state index in [1.807, 2.05) is 19.1 Å². The molecule has 33 heavy (non-hydrogen) atoms. The maximum atomic E-state index is 12.9. The van der Waals surface area contributed by atoms with Gasteiger partial charge in [-0.25, -0.2) is 8.42 Å². The Morgan fingerprint density at radius 2 is 1.67 bits per heavy atom. The maximum Gasteiger partial charge on any atom is 0.291 e. The summed E-state index contributed by atoms with van der Waals surface area (Å²) >= 11 is 0. The van der Waals surface area contributed by atoms with Crippen LogP contribution in [0.25, 0.3) is 11.0 Å². The Hall–Kier alpha value is -3.91. The maximum absolute atomic E-state index is 12.9. The van der Waals surface area contributed by atoms with E-state index in [9.17, 15) is 18.0 Å². The van der Waals surface area contributed by atoms with E-state index in [0.29, 0.717) is 22.3 Å². The second-order valence-corrected chi connectivity index (χ2v) is 9.41. The molecule has 0 radical (unpaired) electrons. The zero-order valence-corrected chi connectivity index (χ0v) is 18.9. The van der Waals surface area contributed by atoms with Crippen molar-refractivity contribution in [2.45, 2.75) is 18.2 Å². The monoisotopic (exact) mass is 462 g/mol. The summed E-state index contributed by atoms with van der Waals surface area (Å²) in [6, 6.07) is 20.9. The molecule has 0 aliphatic carbocycles. The molecule has 7 nitrogen and oxygen atoms in total. The minimum absolute atomic E-state index is 0.0795. The van der Waals surface area contributed by atoms with Crippen LogP contribution in [-0.2, 0) is 16.4 Å². The van der Waals surface area contributed by atoms with Gasteiger partial charge in [0.1, 0.15) is 5.58 Å². The Morgan fingerprint density at radius 3 is 2.33 bits per heavy atom.